The molecule has 156 valence electrons. The summed E-state index contributed by atoms with van der Waals surface area (Å²) in [7, 11) is 3.48. The number of nitrogens with one attached hydrogen (secondary N) is 2. The molecule has 0 amide bonds. The third-order valence-corrected chi connectivity index (χ3v) is 4.58. The monoisotopic (exact) mass is 494 g/mol. The Kier molecular flexibility index (Phi) is 13.6. The van der Waals surface area contributed by atoms with Crippen molar-refractivity contribution >= 4 is 29.9 Å². The van der Waals surface area contributed by atoms with Crippen molar-refractivity contribution in [2.24, 2.45) is 4.99 Å². The highest BCUT2D eigenvalue weighted by atomic mass is 127. The van der Waals surface area contributed by atoms with Crippen LogP contribution in [-0.4, -0.2) is 71.0 Å². The van der Waals surface area contributed by atoms with Crippen LogP contribution in [0, 0.1) is 0 Å². The van der Waals surface area contributed by atoms with Crippen molar-refractivity contribution in [2.75, 3.05) is 60.2 Å². The lowest BCUT2D eigenvalue weighted by Crippen LogP contribution is -2.44. The molecule has 0 aromatic carbocycles. The van der Waals surface area contributed by atoms with Crippen LogP contribution in [0.25, 0.3) is 0 Å². The van der Waals surface area contributed by atoms with Crippen LogP contribution in [0.3, 0.4) is 0 Å². The van der Waals surface area contributed by atoms with Crippen molar-refractivity contribution in [3.63, 3.8) is 0 Å². The third-order valence-electron chi connectivity index (χ3n) is 4.58. The van der Waals surface area contributed by atoms with Gasteiger partial charge in [0.2, 0.25) is 0 Å². The summed E-state index contributed by atoms with van der Waals surface area (Å²) in [5, 5.41) is 6.79. The fraction of sp³-hybridized carbons (Fsp3) is 0.737. The minimum atomic E-state index is 0. The van der Waals surface area contributed by atoms with E-state index in [0.717, 1.165) is 50.9 Å². The first-order chi connectivity index (χ1) is 12.8. The standard InChI is InChI=1S/C19H34N4O3.HI/c1-20-19(21-9-7-12-25-15-14-24-2)22-16-17(18-8-6-13-26-18)23-10-4-3-5-11-23;/h6,8,13,17H,3-5,7,9-12,14-16H2,1-2H3,(H2,20,21,22);1H. The summed E-state index contributed by atoms with van der Waals surface area (Å²) in [5.74, 6) is 1.83. The molecule has 2 rings (SSSR count). The average molecular weight is 494 g/mol. The van der Waals surface area contributed by atoms with E-state index in [1.807, 2.05) is 6.07 Å². The molecule has 27 heavy (non-hydrogen) atoms. The molecule has 0 bridgehead atoms. The summed E-state index contributed by atoms with van der Waals surface area (Å²) >= 11 is 0. The molecule has 1 unspecified atom stereocenters. The van der Waals surface area contributed by atoms with Gasteiger partial charge >= 0.3 is 0 Å². The van der Waals surface area contributed by atoms with Crippen LogP contribution in [0.4, 0.5) is 0 Å². The van der Waals surface area contributed by atoms with Gasteiger partial charge in [0.25, 0.3) is 0 Å². The minimum Gasteiger partial charge on any atom is -0.468 e. The van der Waals surface area contributed by atoms with E-state index in [1.54, 1.807) is 20.4 Å². The van der Waals surface area contributed by atoms with Gasteiger partial charge in [-0.3, -0.25) is 9.89 Å². The van der Waals surface area contributed by atoms with Gasteiger partial charge in [-0.1, -0.05) is 6.42 Å². The summed E-state index contributed by atoms with van der Waals surface area (Å²) in [5.41, 5.74) is 0. The number of likely N-dealkylation sites (tertiary alicyclic amines) is 1. The lowest BCUT2D eigenvalue weighted by atomic mass is 10.1. The van der Waals surface area contributed by atoms with Gasteiger partial charge in [0.05, 0.1) is 25.5 Å². The first kappa shape index (κ1) is 24.2. The third kappa shape index (κ3) is 9.27. The van der Waals surface area contributed by atoms with Gasteiger partial charge in [0, 0.05) is 33.9 Å². The predicted octanol–water partition coefficient (Wildman–Crippen LogP) is 2.64. The van der Waals surface area contributed by atoms with E-state index in [-0.39, 0.29) is 30.0 Å². The van der Waals surface area contributed by atoms with Gasteiger partial charge in [-0.2, -0.15) is 0 Å². The number of furan rings is 1. The van der Waals surface area contributed by atoms with E-state index < -0.39 is 0 Å². The lowest BCUT2D eigenvalue weighted by molar-refractivity contribution is 0.0698. The van der Waals surface area contributed by atoms with Crippen molar-refractivity contribution in [3.8, 4) is 0 Å². The summed E-state index contributed by atoms with van der Waals surface area (Å²) in [4.78, 5) is 6.82. The highest BCUT2D eigenvalue weighted by molar-refractivity contribution is 14.0. The Morgan fingerprint density at radius 1 is 1.22 bits per heavy atom. The zero-order chi connectivity index (χ0) is 18.5. The number of rotatable bonds is 11. The molecule has 1 aromatic rings. The maximum absolute atomic E-state index is 5.69. The average Bonchev–Trinajstić information content (AvgIpc) is 3.21. The van der Waals surface area contributed by atoms with Gasteiger partial charge in [0.15, 0.2) is 5.96 Å². The van der Waals surface area contributed by atoms with E-state index in [2.05, 4.69) is 26.6 Å². The molecule has 2 N–H and O–H groups in total. The normalized spacial score (nSPS) is 16.6. The summed E-state index contributed by atoms with van der Waals surface area (Å²) in [6, 6.07) is 4.26. The zero-order valence-electron chi connectivity index (χ0n) is 16.6. The molecule has 8 heteroatoms. The molecule has 1 atom stereocenters. The first-order valence-corrected chi connectivity index (χ1v) is 9.63. The molecular weight excluding hydrogens is 459 g/mol. The molecule has 0 aliphatic carbocycles. The van der Waals surface area contributed by atoms with Crippen LogP contribution in [-0.2, 0) is 9.47 Å². The van der Waals surface area contributed by atoms with Crippen LogP contribution >= 0.6 is 24.0 Å². The Balaban J connectivity index is 0.00000364. The highest BCUT2D eigenvalue weighted by Crippen LogP contribution is 2.24. The SMILES string of the molecule is CN=C(NCCCOCCOC)NCC(c1ccco1)N1CCCCC1.I. The largest absolute Gasteiger partial charge is 0.468 e. The van der Waals surface area contributed by atoms with Gasteiger partial charge in [-0.05, 0) is 44.5 Å². The number of ether oxygens (including phenoxy) is 2. The maximum atomic E-state index is 5.69. The van der Waals surface area contributed by atoms with Crippen molar-refractivity contribution in [1.29, 1.82) is 0 Å². The molecule has 1 aliphatic rings. The molecule has 0 saturated carbocycles. The molecular formula is C19H35IN4O3. The molecule has 1 fully saturated rings. The lowest BCUT2D eigenvalue weighted by Gasteiger charge is -2.33. The van der Waals surface area contributed by atoms with E-state index >= 15 is 0 Å². The summed E-state index contributed by atoms with van der Waals surface area (Å²) in [6.07, 6.45) is 6.52. The van der Waals surface area contributed by atoms with E-state index in [9.17, 15) is 0 Å². The zero-order valence-corrected chi connectivity index (χ0v) is 18.9. The van der Waals surface area contributed by atoms with Crippen molar-refractivity contribution < 1.29 is 13.9 Å². The quantitative estimate of drug-likeness (QED) is 0.213. The Morgan fingerprint density at radius 3 is 2.70 bits per heavy atom. The Hall–Kier alpha value is -0.840. The highest BCUT2D eigenvalue weighted by Gasteiger charge is 2.24. The smallest absolute Gasteiger partial charge is 0.191 e. The number of piperidine rings is 1. The number of nitrogens with zero attached hydrogens (tertiary/aromatic N) is 2. The molecule has 1 aliphatic heterocycles. The Morgan fingerprint density at radius 2 is 2.04 bits per heavy atom. The van der Waals surface area contributed by atoms with Crippen LogP contribution in [0.15, 0.2) is 27.8 Å². The molecule has 1 saturated heterocycles. The van der Waals surface area contributed by atoms with Crippen LogP contribution in [0.2, 0.25) is 0 Å². The second kappa shape index (κ2) is 15.1. The van der Waals surface area contributed by atoms with Gasteiger partial charge in [0.1, 0.15) is 5.76 Å². The summed E-state index contributed by atoms with van der Waals surface area (Å²) in [6.45, 7) is 5.84. The van der Waals surface area contributed by atoms with Crippen molar-refractivity contribution in [1.82, 2.24) is 15.5 Å². The number of methoxy groups -OCH3 is 1. The number of halogens is 1. The van der Waals surface area contributed by atoms with Gasteiger partial charge in [-0.15, -0.1) is 24.0 Å². The van der Waals surface area contributed by atoms with Crippen molar-refractivity contribution in [2.45, 2.75) is 31.7 Å². The predicted molar refractivity (Wildman–Crippen MR) is 119 cm³/mol. The second-order valence-electron chi connectivity index (χ2n) is 6.47. The number of hydrogen-bond donors (Lipinski definition) is 2. The fourth-order valence-corrected chi connectivity index (χ4v) is 3.16. The van der Waals surface area contributed by atoms with Crippen LogP contribution in [0.1, 0.15) is 37.5 Å². The summed E-state index contributed by atoms with van der Waals surface area (Å²) < 4.78 is 16.1. The fourth-order valence-electron chi connectivity index (χ4n) is 3.16. The molecule has 1 aromatic heterocycles. The molecule has 2 heterocycles. The number of aliphatic imine (C=N–C) groups is 1. The Labute approximate surface area is 180 Å². The van der Waals surface area contributed by atoms with Crippen molar-refractivity contribution in [3.05, 3.63) is 24.2 Å². The van der Waals surface area contributed by atoms with E-state index in [4.69, 9.17) is 13.9 Å². The maximum Gasteiger partial charge on any atom is 0.191 e. The number of guanidine groups is 1. The minimum absolute atomic E-state index is 0. The number of hydrogen-bond acceptors (Lipinski definition) is 5. The molecule has 0 radical (unpaired) electrons. The molecule has 7 nitrogen and oxygen atoms in total. The van der Waals surface area contributed by atoms with Crippen LogP contribution in [0.5, 0.6) is 0 Å². The van der Waals surface area contributed by atoms with Crippen LogP contribution < -0.4 is 10.6 Å². The van der Waals surface area contributed by atoms with E-state index in [0.29, 0.717) is 13.2 Å². The van der Waals surface area contributed by atoms with Gasteiger partial charge < -0.3 is 24.5 Å². The van der Waals surface area contributed by atoms with E-state index in [1.165, 1.54) is 19.3 Å². The van der Waals surface area contributed by atoms with Gasteiger partial charge in [-0.25, -0.2) is 0 Å². The molecule has 0 spiro atoms. The Bertz CT molecular complexity index is 493. The topological polar surface area (TPSA) is 71.3 Å². The first-order valence-electron chi connectivity index (χ1n) is 9.63. The second-order valence-corrected chi connectivity index (χ2v) is 6.47.